The number of nitrogens with one attached hydrogen (secondary N) is 1. The zero-order chi connectivity index (χ0) is 12.8. The SMILES string of the molecule is CNCc1ccoc1CN(C)CC1CCCCC1. The van der Waals surface area contributed by atoms with Gasteiger partial charge in [-0.25, -0.2) is 0 Å². The Balaban J connectivity index is 1.82. The molecule has 0 unspecified atom stereocenters. The summed E-state index contributed by atoms with van der Waals surface area (Å²) in [5.74, 6) is 2.01. The maximum Gasteiger partial charge on any atom is 0.122 e. The summed E-state index contributed by atoms with van der Waals surface area (Å²) in [5, 5.41) is 3.19. The van der Waals surface area contributed by atoms with E-state index >= 15 is 0 Å². The van der Waals surface area contributed by atoms with Crippen LogP contribution in [-0.2, 0) is 13.1 Å². The standard InChI is InChI=1S/C15H26N2O/c1-16-10-14-8-9-18-15(14)12-17(2)11-13-6-4-3-5-7-13/h8-9,13,16H,3-7,10-12H2,1-2H3. The van der Waals surface area contributed by atoms with Gasteiger partial charge in [-0.2, -0.15) is 0 Å². The molecule has 3 nitrogen and oxygen atoms in total. The van der Waals surface area contributed by atoms with Crippen molar-refractivity contribution in [3.8, 4) is 0 Å². The number of nitrogens with zero attached hydrogens (tertiary/aromatic N) is 1. The molecule has 1 aliphatic carbocycles. The van der Waals surface area contributed by atoms with Gasteiger partial charge in [0.2, 0.25) is 0 Å². The van der Waals surface area contributed by atoms with Gasteiger partial charge in [-0.05, 0) is 38.9 Å². The van der Waals surface area contributed by atoms with Crippen LogP contribution >= 0.6 is 0 Å². The van der Waals surface area contributed by atoms with Gasteiger partial charge in [0.1, 0.15) is 5.76 Å². The van der Waals surface area contributed by atoms with Gasteiger partial charge in [-0.3, -0.25) is 4.90 Å². The second kappa shape index (κ2) is 6.95. The van der Waals surface area contributed by atoms with Crippen LogP contribution in [0.1, 0.15) is 43.4 Å². The lowest BCUT2D eigenvalue weighted by molar-refractivity contribution is 0.215. The molecule has 1 aromatic heterocycles. The molecule has 0 aromatic carbocycles. The van der Waals surface area contributed by atoms with E-state index in [9.17, 15) is 0 Å². The Morgan fingerprint density at radius 1 is 1.33 bits per heavy atom. The average Bonchev–Trinajstić information content (AvgIpc) is 2.78. The van der Waals surface area contributed by atoms with Crippen molar-refractivity contribution in [2.45, 2.75) is 45.2 Å². The highest BCUT2D eigenvalue weighted by Gasteiger charge is 2.16. The van der Waals surface area contributed by atoms with E-state index in [2.05, 4.69) is 23.3 Å². The van der Waals surface area contributed by atoms with Crippen molar-refractivity contribution in [1.82, 2.24) is 10.2 Å². The first-order valence-corrected chi connectivity index (χ1v) is 7.18. The van der Waals surface area contributed by atoms with Crippen LogP contribution in [0, 0.1) is 5.92 Å². The zero-order valence-electron chi connectivity index (χ0n) is 11.7. The molecule has 102 valence electrons. The maximum absolute atomic E-state index is 5.60. The minimum Gasteiger partial charge on any atom is -0.468 e. The maximum atomic E-state index is 5.60. The van der Waals surface area contributed by atoms with E-state index in [1.807, 2.05) is 7.05 Å². The molecule has 1 heterocycles. The largest absolute Gasteiger partial charge is 0.468 e. The second-order valence-electron chi connectivity index (χ2n) is 5.60. The van der Waals surface area contributed by atoms with Crippen LogP contribution in [0.25, 0.3) is 0 Å². The highest BCUT2D eigenvalue weighted by atomic mass is 16.3. The van der Waals surface area contributed by atoms with Gasteiger partial charge in [-0.1, -0.05) is 19.3 Å². The fourth-order valence-electron chi connectivity index (χ4n) is 2.97. The van der Waals surface area contributed by atoms with Gasteiger partial charge in [0.05, 0.1) is 12.8 Å². The molecule has 0 radical (unpaired) electrons. The van der Waals surface area contributed by atoms with Gasteiger partial charge in [0.25, 0.3) is 0 Å². The molecule has 0 aliphatic heterocycles. The molecule has 1 aliphatic rings. The fourth-order valence-corrected chi connectivity index (χ4v) is 2.97. The summed E-state index contributed by atoms with van der Waals surface area (Å²) in [6.45, 7) is 3.03. The van der Waals surface area contributed by atoms with Crippen molar-refractivity contribution in [3.63, 3.8) is 0 Å². The van der Waals surface area contributed by atoms with Crippen molar-refractivity contribution in [3.05, 3.63) is 23.7 Å². The molecule has 1 fully saturated rings. The van der Waals surface area contributed by atoms with E-state index in [4.69, 9.17) is 4.42 Å². The molecule has 3 heteroatoms. The van der Waals surface area contributed by atoms with Crippen LogP contribution in [0.5, 0.6) is 0 Å². The Hall–Kier alpha value is -0.800. The molecule has 18 heavy (non-hydrogen) atoms. The van der Waals surface area contributed by atoms with E-state index in [1.54, 1.807) is 6.26 Å². The summed E-state index contributed by atoms with van der Waals surface area (Å²) < 4.78 is 5.60. The van der Waals surface area contributed by atoms with Crippen LogP contribution < -0.4 is 5.32 Å². The zero-order valence-corrected chi connectivity index (χ0v) is 11.7. The fraction of sp³-hybridized carbons (Fsp3) is 0.733. The summed E-state index contributed by atoms with van der Waals surface area (Å²) in [6.07, 6.45) is 8.90. The molecular weight excluding hydrogens is 224 g/mol. The first-order chi connectivity index (χ1) is 8.79. The topological polar surface area (TPSA) is 28.4 Å². The number of hydrogen-bond acceptors (Lipinski definition) is 3. The lowest BCUT2D eigenvalue weighted by Gasteiger charge is -2.26. The first kappa shape index (κ1) is 13.6. The van der Waals surface area contributed by atoms with Gasteiger partial charge >= 0.3 is 0 Å². The predicted octanol–water partition coefficient (Wildman–Crippen LogP) is 3.01. The molecule has 0 saturated heterocycles. The molecule has 0 atom stereocenters. The average molecular weight is 250 g/mol. The molecule has 1 saturated carbocycles. The van der Waals surface area contributed by atoms with Crippen molar-refractivity contribution in [2.75, 3.05) is 20.6 Å². The first-order valence-electron chi connectivity index (χ1n) is 7.18. The van der Waals surface area contributed by atoms with E-state index < -0.39 is 0 Å². The molecule has 1 N–H and O–H groups in total. The third kappa shape index (κ3) is 3.85. The van der Waals surface area contributed by atoms with E-state index in [0.29, 0.717) is 0 Å². The third-order valence-corrected chi connectivity index (χ3v) is 3.91. The van der Waals surface area contributed by atoms with Gasteiger partial charge < -0.3 is 9.73 Å². The number of furan rings is 1. The third-order valence-electron chi connectivity index (χ3n) is 3.91. The molecule has 0 bridgehead atoms. The highest BCUT2D eigenvalue weighted by Crippen LogP contribution is 2.24. The lowest BCUT2D eigenvalue weighted by atomic mass is 9.89. The van der Waals surface area contributed by atoms with Crippen LogP contribution in [0.4, 0.5) is 0 Å². The summed E-state index contributed by atoms with van der Waals surface area (Å²) in [7, 11) is 4.18. The Kier molecular flexibility index (Phi) is 5.26. The molecule has 0 spiro atoms. The van der Waals surface area contributed by atoms with E-state index in [1.165, 1.54) is 44.2 Å². The Bertz CT molecular complexity index is 342. The summed E-state index contributed by atoms with van der Waals surface area (Å²) in [5.41, 5.74) is 1.29. The molecule has 2 rings (SSSR count). The predicted molar refractivity (Wildman–Crippen MR) is 74.4 cm³/mol. The van der Waals surface area contributed by atoms with Crippen LogP contribution in [0.15, 0.2) is 16.7 Å². The van der Waals surface area contributed by atoms with Crippen LogP contribution in [0.3, 0.4) is 0 Å². The Labute approximate surface area is 111 Å². The quantitative estimate of drug-likeness (QED) is 0.841. The van der Waals surface area contributed by atoms with E-state index in [-0.39, 0.29) is 0 Å². The Morgan fingerprint density at radius 3 is 2.83 bits per heavy atom. The van der Waals surface area contributed by atoms with Crippen molar-refractivity contribution in [2.24, 2.45) is 5.92 Å². The highest BCUT2D eigenvalue weighted by molar-refractivity contribution is 5.16. The van der Waals surface area contributed by atoms with Crippen molar-refractivity contribution in [1.29, 1.82) is 0 Å². The lowest BCUT2D eigenvalue weighted by Crippen LogP contribution is -2.27. The number of rotatable bonds is 6. The Morgan fingerprint density at radius 2 is 2.11 bits per heavy atom. The van der Waals surface area contributed by atoms with E-state index in [0.717, 1.165) is 24.8 Å². The van der Waals surface area contributed by atoms with Crippen molar-refractivity contribution >= 4 is 0 Å². The minimum absolute atomic E-state index is 0.892. The molecule has 0 amide bonds. The van der Waals surface area contributed by atoms with Gasteiger partial charge in [0, 0.05) is 18.7 Å². The smallest absolute Gasteiger partial charge is 0.122 e. The minimum atomic E-state index is 0.892. The molecule has 1 aromatic rings. The number of hydrogen-bond donors (Lipinski definition) is 1. The van der Waals surface area contributed by atoms with Crippen LogP contribution in [0.2, 0.25) is 0 Å². The summed E-state index contributed by atoms with van der Waals surface area (Å²) in [4.78, 5) is 2.41. The van der Waals surface area contributed by atoms with Crippen LogP contribution in [-0.4, -0.2) is 25.5 Å². The second-order valence-corrected chi connectivity index (χ2v) is 5.60. The summed E-state index contributed by atoms with van der Waals surface area (Å²) >= 11 is 0. The van der Waals surface area contributed by atoms with Gasteiger partial charge in [0.15, 0.2) is 0 Å². The van der Waals surface area contributed by atoms with Gasteiger partial charge in [-0.15, -0.1) is 0 Å². The van der Waals surface area contributed by atoms with Crippen molar-refractivity contribution < 1.29 is 4.42 Å². The monoisotopic (exact) mass is 250 g/mol. The normalized spacial score (nSPS) is 17.5. The summed E-state index contributed by atoms with van der Waals surface area (Å²) in [6, 6.07) is 2.07. The molecular formula is C15H26N2O.